The second-order valence-corrected chi connectivity index (χ2v) is 3.35. The van der Waals surface area contributed by atoms with Gasteiger partial charge in [-0.15, -0.1) is 0 Å². The highest BCUT2D eigenvalue weighted by Crippen LogP contribution is 2.19. The minimum Gasteiger partial charge on any atom is -0.312 e. The molecule has 2 rings (SSSR count). The molecule has 0 bridgehead atoms. The Kier molecular flexibility index (Phi) is 2.43. The van der Waals surface area contributed by atoms with E-state index in [9.17, 15) is 0 Å². The molecule has 0 amide bonds. The minimum absolute atomic E-state index is 0.495. The van der Waals surface area contributed by atoms with E-state index in [1.807, 2.05) is 6.33 Å². The first-order chi connectivity index (χ1) is 6.86. The highest BCUT2D eigenvalue weighted by molar-refractivity contribution is 5.68. The molecule has 4 nitrogen and oxygen atoms in total. The second-order valence-electron chi connectivity index (χ2n) is 3.35. The zero-order valence-electron chi connectivity index (χ0n) is 8.51. The summed E-state index contributed by atoms with van der Waals surface area (Å²) in [7, 11) is 0. The molecule has 0 atom stereocenters. The Bertz CT molecular complexity index is 417. The van der Waals surface area contributed by atoms with Crippen LogP contribution in [0.3, 0.4) is 0 Å². The maximum absolute atomic E-state index is 4.27. The lowest BCUT2D eigenvalue weighted by atomic mass is 10.2. The van der Waals surface area contributed by atoms with E-state index in [4.69, 9.17) is 0 Å². The molecule has 4 heteroatoms. The van der Waals surface area contributed by atoms with Gasteiger partial charge in [0, 0.05) is 6.04 Å². The molecule has 0 aliphatic carbocycles. The lowest BCUT2D eigenvalue weighted by Crippen LogP contribution is -2.06. The lowest BCUT2D eigenvalue weighted by Gasteiger charge is -2.13. The summed E-state index contributed by atoms with van der Waals surface area (Å²) >= 11 is 0. The van der Waals surface area contributed by atoms with Gasteiger partial charge >= 0.3 is 0 Å². The molecule has 0 aromatic carbocycles. The highest BCUT2D eigenvalue weighted by atomic mass is 15.1. The fourth-order valence-corrected chi connectivity index (χ4v) is 1.73. The summed E-state index contributed by atoms with van der Waals surface area (Å²) in [5, 5.41) is 0. The number of nitrogens with zero attached hydrogens (tertiary/aromatic N) is 4. The maximum atomic E-state index is 4.27. The third-order valence-corrected chi connectivity index (χ3v) is 2.57. The Balaban J connectivity index is 2.51. The van der Waals surface area contributed by atoms with Crippen molar-refractivity contribution in [2.45, 2.75) is 32.7 Å². The predicted octanol–water partition coefficient (Wildman–Crippen LogP) is 2.19. The summed E-state index contributed by atoms with van der Waals surface area (Å²) in [5.74, 6) is 0. The number of fused-ring (bicyclic) bond motifs is 1. The molecule has 0 saturated heterocycles. The van der Waals surface area contributed by atoms with Crippen LogP contribution in [0.15, 0.2) is 18.9 Å². The van der Waals surface area contributed by atoms with Gasteiger partial charge in [-0.2, -0.15) is 0 Å². The Hall–Kier alpha value is -1.45. The Morgan fingerprint density at radius 2 is 2.07 bits per heavy atom. The van der Waals surface area contributed by atoms with Crippen molar-refractivity contribution in [2.75, 3.05) is 0 Å². The van der Waals surface area contributed by atoms with Gasteiger partial charge < -0.3 is 4.57 Å². The molecule has 2 heterocycles. The topological polar surface area (TPSA) is 43.6 Å². The van der Waals surface area contributed by atoms with Gasteiger partial charge in [-0.1, -0.05) is 13.8 Å². The van der Waals surface area contributed by atoms with E-state index in [0.717, 1.165) is 24.0 Å². The molecular weight excluding hydrogens is 176 g/mol. The Morgan fingerprint density at radius 3 is 2.79 bits per heavy atom. The van der Waals surface area contributed by atoms with Gasteiger partial charge in [0.15, 0.2) is 5.65 Å². The van der Waals surface area contributed by atoms with E-state index in [-0.39, 0.29) is 0 Å². The number of aromatic nitrogens is 4. The van der Waals surface area contributed by atoms with Gasteiger partial charge in [0.1, 0.15) is 11.8 Å². The van der Waals surface area contributed by atoms with E-state index >= 15 is 0 Å². The molecule has 0 saturated carbocycles. The monoisotopic (exact) mass is 190 g/mol. The Morgan fingerprint density at radius 1 is 1.29 bits per heavy atom. The number of rotatable bonds is 3. The summed E-state index contributed by atoms with van der Waals surface area (Å²) in [6, 6.07) is 0.495. The van der Waals surface area contributed by atoms with Crippen molar-refractivity contribution in [3.05, 3.63) is 18.9 Å². The molecule has 0 spiro atoms. The molecule has 0 radical (unpaired) electrons. The van der Waals surface area contributed by atoms with Crippen LogP contribution in [0.1, 0.15) is 32.7 Å². The van der Waals surface area contributed by atoms with Crippen molar-refractivity contribution in [2.24, 2.45) is 0 Å². The average molecular weight is 190 g/mol. The molecule has 0 aliphatic rings. The first-order valence-corrected chi connectivity index (χ1v) is 4.99. The fourth-order valence-electron chi connectivity index (χ4n) is 1.73. The van der Waals surface area contributed by atoms with Crippen molar-refractivity contribution in [3.63, 3.8) is 0 Å². The van der Waals surface area contributed by atoms with Crippen molar-refractivity contribution in [1.29, 1.82) is 0 Å². The number of hydrogen-bond donors (Lipinski definition) is 0. The summed E-state index contributed by atoms with van der Waals surface area (Å²) in [6.07, 6.45) is 7.39. The van der Waals surface area contributed by atoms with Gasteiger partial charge in [0.05, 0.1) is 12.5 Å². The van der Waals surface area contributed by atoms with Crippen LogP contribution in [0.25, 0.3) is 11.2 Å². The van der Waals surface area contributed by atoms with Gasteiger partial charge in [0.25, 0.3) is 0 Å². The largest absolute Gasteiger partial charge is 0.312 e. The van der Waals surface area contributed by atoms with E-state index in [1.54, 1.807) is 12.5 Å². The summed E-state index contributed by atoms with van der Waals surface area (Å²) in [5.41, 5.74) is 1.81. The summed E-state index contributed by atoms with van der Waals surface area (Å²) in [4.78, 5) is 12.5. The average Bonchev–Trinajstić information content (AvgIpc) is 2.65. The molecular formula is C10H14N4. The van der Waals surface area contributed by atoms with E-state index in [2.05, 4.69) is 33.4 Å². The maximum Gasteiger partial charge on any atom is 0.163 e. The molecule has 0 fully saturated rings. The lowest BCUT2D eigenvalue weighted by molar-refractivity contribution is 0.480. The third kappa shape index (κ3) is 1.36. The molecule has 0 aliphatic heterocycles. The van der Waals surface area contributed by atoms with E-state index < -0.39 is 0 Å². The first kappa shape index (κ1) is 9.12. The zero-order valence-corrected chi connectivity index (χ0v) is 8.51. The molecule has 2 aromatic rings. The summed E-state index contributed by atoms with van der Waals surface area (Å²) < 4.78 is 2.14. The number of hydrogen-bond acceptors (Lipinski definition) is 3. The van der Waals surface area contributed by atoms with Gasteiger partial charge in [0.2, 0.25) is 0 Å². The van der Waals surface area contributed by atoms with Gasteiger partial charge in [-0.05, 0) is 12.8 Å². The van der Waals surface area contributed by atoms with Crippen LogP contribution < -0.4 is 0 Å². The molecule has 74 valence electrons. The number of imidazole rings is 1. The van der Waals surface area contributed by atoms with E-state index in [0.29, 0.717) is 6.04 Å². The smallest absolute Gasteiger partial charge is 0.163 e. The van der Waals surface area contributed by atoms with Crippen molar-refractivity contribution >= 4 is 11.2 Å². The van der Waals surface area contributed by atoms with Crippen LogP contribution in [-0.4, -0.2) is 19.5 Å². The van der Waals surface area contributed by atoms with Crippen LogP contribution in [0.5, 0.6) is 0 Å². The normalized spacial score (nSPS) is 11.4. The van der Waals surface area contributed by atoms with Crippen molar-refractivity contribution in [3.8, 4) is 0 Å². The van der Waals surface area contributed by atoms with Crippen molar-refractivity contribution in [1.82, 2.24) is 19.5 Å². The fraction of sp³-hybridized carbons (Fsp3) is 0.500. The molecule has 14 heavy (non-hydrogen) atoms. The van der Waals surface area contributed by atoms with Crippen LogP contribution in [0, 0.1) is 0 Å². The van der Waals surface area contributed by atoms with Gasteiger partial charge in [-0.3, -0.25) is 0 Å². The standard InChI is InChI=1S/C10H14N4/c1-3-8(4-2)14-7-13-9-5-11-6-12-10(9)14/h5-8H,3-4H2,1-2H3. The quantitative estimate of drug-likeness (QED) is 0.745. The molecule has 2 aromatic heterocycles. The predicted molar refractivity (Wildman–Crippen MR) is 54.9 cm³/mol. The van der Waals surface area contributed by atoms with Gasteiger partial charge in [-0.25, -0.2) is 15.0 Å². The third-order valence-electron chi connectivity index (χ3n) is 2.57. The first-order valence-electron chi connectivity index (χ1n) is 4.99. The van der Waals surface area contributed by atoms with Crippen molar-refractivity contribution < 1.29 is 0 Å². The van der Waals surface area contributed by atoms with Crippen LogP contribution in [-0.2, 0) is 0 Å². The Labute approximate surface area is 83.0 Å². The second kappa shape index (κ2) is 3.74. The van der Waals surface area contributed by atoms with Crippen LogP contribution in [0.2, 0.25) is 0 Å². The van der Waals surface area contributed by atoms with Crippen LogP contribution in [0.4, 0.5) is 0 Å². The minimum atomic E-state index is 0.495. The van der Waals surface area contributed by atoms with E-state index in [1.165, 1.54) is 0 Å². The van der Waals surface area contributed by atoms with Crippen LogP contribution >= 0.6 is 0 Å². The SMILES string of the molecule is CCC(CC)n1cnc2cncnc21. The summed E-state index contributed by atoms with van der Waals surface area (Å²) in [6.45, 7) is 4.36. The highest BCUT2D eigenvalue weighted by Gasteiger charge is 2.10. The molecule has 0 unspecified atom stereocenters. The molecule has 0 N–H and O–H groups in total. The zero-order chi connectivity index (χ0) is 9.97.